The molecule has 8 heteroatoms. The van der Waals surface area contributed by atoms with Crippen LogP contribution in [0.2, 0.25) is 0 Å². The van der Waals surface area contributed by atoms with Gasteiger partial charge in [0, 0.05) is 16.5 Å². The maximum atomic E-state index is 13.0. The fourth-order valence-corrected chi connectivity index (χ4v) is 6.02. The molecule has 4 N–H and O–H groups in total. The molecule has 0 aliphatic heterocycles. The predicted molar refractivity (Wildman–Crippen MR) is 127 cm³/mol. The molecule has 0 amide bonds. The van der Waals surface area contributed by atoms with E-state index in [0.29, 0.717) is 27.5 Å². The Morgan fingerprint density at radius 2 is 0.938 bits per heavy atom. The number of fused-ring (bicyclic) bond motifs is 1. The van der Waals surface area contributed by atoms with E-state index in [1.165, 1.54) is 0 Å². The van der Waals surface area contributed by atoms with E-state index in [0.717, 1.165) is 11.1 Å². The van der Waals surface area contributed by atoms with E-state index in [1.807, 2.05) is 26.0 Å². The highest BCUT2D eigenvalue weighted by atomic mass is 32.2. The average Bonchev–Trinajstić information content (AvgIpc) is 2.72. The van der Waals surface area contributed by atoms with Crippen LogP contribution >= 0.6 is 0 Å². The summed E-state index contributed by atoms with van der Waals surface area (Å²) in [6, 6.07) is 20.9. The van der Waals surface area contributed by atoms with Gasteiger partial charge in [0.05, 0.1) is 9.79 Å². The summed E-state index contributed by atoms with van der Waals surface area (Å²) in [4.78, 5) is -0.537. The first-order valence-corrected chi connectivity index (χ1v) is 12.9. The molecule has 4 aromatic carbocycles. The first kappa shape index (κ1) is 22.2. The third-order valence-corrected chi connectivity index (χ3v) is 7.34. The van der Waals surface area contributed by atoms with Gasteiger partial charge in [0.15, 0.2) is 0 Å². The average molecular weight is 467 g/mol. The smallest absolute Gasteiger partial charge is 0.225 e. The lowest BCUT2D eigenvalue weighted by atomic mass is 9.92. The maximum absolute atomic E-state index is 13.0. The molecule has 0 bridgehead atoms. The molecule has 0 saturated carbocycles. The highest BCUT2D eigenvalue weighted by molar-refractivity contribution is 7.90. The lowest BCUT2D eigenvalue weighted by Gasteiger charge is -2.21. The van der Waals surface area contributed by atoms with Crippen molar-refractivity contribution >= 4 is 30.8 Å². The Morgan fingerprint density at radius 3 is 1.38 bits per heavy atom. The van der Waals surface area contributed by atoms with Crippen molar-refractivity contribution < 1.29 is 16.8 Å². The van der Waals surface area contributed by atoms with Crippen molar-refractivity contribution in [2.75, 3.05) is 0 Å². The summed E-state index contributed by atoms with van der Waals surface area (Å²) in [7, 11) is -8.70. The van der Waals surface area contributed by atoms with Gasteiger partial charge in [-0.15, -0.1) is 0 Å². The van der Waals surface area contributed by atoms with Gasteiger partial charge in [-0.3, -0.25) is 0 Å². The summed E-state index contributed by atoms with van der Waals surface area (Å²) >= 11 is 0. The number of nitrogens with two attached hydrogens (primary N) is 2. The van der Waals surface area contributed by atoms with Gasteiger partial charge in [-0.25, -0.2) is 27.1 Å². The van der Waals surface area contributed by atoms with Crippen molar-refractivity contribution in [3.8, 4) is 22.3 Å². The zero-order chi connectivity index (χ0) is 23.3. The molecule has 0 atom stereocenters. The van der Waals surface area contributed by atoms with E-state index in [4.69, 9.17) is 10.3 Å². The van der Waals surface area contributed by atoms with Crippen LogP contribution < -0.4 is 10.3 Å². The van der Waals surface area contributed by atoms with Gasteiger partial charge in [-0.2, -0.15) is 0 Å². The minimum absolute atomic E-state index is 0.0238. The topological polar surface area (TPSA) is 120 Å². The molecule has 0 radical (unpaired) electrons. The number of aryl methyl sites for hydroxylation is 2. The summed E-state index contributed by atoms with van der Waals surface area (Å²) in [5.74, 6) is 0. The summed E-state index contributed by atoms with van der Waals surface area (Å²) in [6.07, 6.45) is 0. The van der Waals surface area contributed by atoms with Gasteiger partial charge in [-0.1, -0.05) is 83.9 Å². The van der Waals surface area contributed by atoms with Crippen molar-refractivity contribution in [2.24, 2.45) is 10.3 Å². The SMILES string of the molecule is Cc1ccc(-c2c(S(N)(=O)=O)c(-c3ccc(C)cc3)c3ccccc3c2S(N)(=O)=O)cc1. The van der Waals surface area contributed by atoms with Crippen molar-refractivity contribution in [2.45, 2.75) is 23.6 Å². The Labute approximate surface area is 187 Å². The van der Waals surface area contributed by atoms with E-state index in [2.05, 4.69) is 0 Å². The zero-order valence-electron chi connectivity index (χ0n) is 17.5. The Bertz CT molecular complexity index is 1560. The van der Waals surface area contributed by atoms with Gasteiger partial charge in [0.2, 0.25) is 20.0 Å². The van der Waals surface area contributed by atoms with Crippen LogP contribution in [0.5, 0.6) is 0 Å². The van der Waals surface area contributed by atoms with E-state index in [-0.39, 0.29) is 15.4 Å². The summed E-state index contributed by atoms with van der Waals surface area (Å²) in [6.45, 7) is 3.80. The van der Waals surface area contributed by atoms with Crippen LogP contribution in [0.4, 0.5) is 0 Å². The second kappa shape index (κ2) is 7.83. The van der Waals surface area contributed by atoms with Crippen molar-refractivity contribution in [3.63, 3.8) is 0 Å². The van der Waals surface area contributed by atoms with Crippen LogP contribution in [-0.4, -0.2) is 16.8 Å². The van der Waals surface area contributed by atoms with Gasteiger partial charge in [-0.05, 0) is 30.4 Å². The van der Waals surface area contributed by atoms with Crippen LogP contribution in [0.3, 0.4) is 0 Å². The van der Waals surface area contributed by atoms with Crippen LogP contribution in [0.15, 0.2) is 82.6 Å². The molecule has 0 spiro atoms. The maximum Gasteiger partial charge on any atom is 0.239 e. The highest BCUT2D eigenvalue weighted by Gasteiger charge is 2.31. The van der Waals surface area contributed by atoms with Gasteiger partial charge >= 0.3 is 0 Å². The number of hydrogen-bond acceptors (Lipinski definition) is 4. The van der Waals surface area contributed by atoms with Crippen LogP contribution in [0, 0.1) is 13.8 Å². The number of primary sulfonamides is 2. The molecule has 4 aromatic rings. The largest absolute Gasteiger partial charge is 0.239 e. The van der Waals surface area contributed by atoms with E-state index >= 15 is 0 Å². The molecule has 0 saturated heterocycles. The molecule has 0 aliphatic rings. The molecule has 0 unspecified atom stereocenters. The van der Waals surface area contributed by atoms with Gasteiger partial charge in [0.1, 0.15) is 0 Å². The number of rotatable bonds is 4. The first-order valence-electron chi connectivity index (χ1n) is 9.77. The molecular weight excluding hydrogens is 444 g/mol. The molecule has 32 heavy (non-hydrogen) atoms. The van der Waals surface area contributed by atoms with Crippen LogP contribution in [0.1, 0.15) is 11.1 Å². The molecule has 6 nitrogen and oxygen atoms in total. The van der Waals surface area contributed by atoms with E-state index < -0.39 is 20.0 Å². The number of benzene rings is 4. The molecule has 0 fully saturated rings. The Kier molecular flexibility index (Phi) is 5.42. The van der Waals surface area contributed by atoms with Crippen LogP contribution in [-0.2, 0) is 20.0 Å². The monoisotopic (exact) mass is 466 g/mol. The van der Waals surface area contributed by atoms with Crippen molar-refractivity contribution in [1.29, 1.82) is 0 Å². The molecule has 164 valence electrons. The summed E-state index contributed by atoms with van der Waals surface area (Å²) < 4.78 is 51.7. The van der Waals surface area contributed by atoms with Gasteiger partial charge in [0.25, 0.3) is 0 Å². The Balaban J connectivity index is 2.37. The zero-order valence-corrected chi connectivity index (χ0v) is 19.2. The van der Waals surface area contributed by atoms with Crippen molar-refractivity contribution in [1.82, 2.24) is 0 Å². The number of sulfonamides is 2. The lowest BCUT2D eigenvalue weighted by Crippen LogP contribution is -2.20. The standard InChI is InChI=1S/C24H22N2O4S2/c1-15-7-11-17(12-8-15)21-19-5-3-4-6-20(19)23(31(25,27)28)22(24(21)32(26,29)30)18-13-9-16(2)10-14-18/h3-14H,1-2H3,(H2,25,27,28)(H2,26,29,30). The summed E-state index contributed by atoms with van der Waals surface area (Å²) in [5, 5.41) is 12.1. The Hall–Kier alpha value is -3.04. The highest BCUT2D eigenvalue weighted by Crippen LogP contribution is 2.45. The molecule has 4 rings (SSSR count). The summed E-state index contributed by atoms with van der Waals surface area (Å²) in [5.41, 5.74) is 3.24. The second-order valence-corrected chi connectivity index (χ2v) is 10.8. The van der Waals surface area contributed by atoms with E-state index in [9.17, 15) is 16.8 Å². The van der Waals surface area contributed by atoms with Crippen molar-refractivity contribution in [3.05, 3.63) is 83.9 Å². The molecule has 0 heterocycles. The first-order chi connectivity index (χ1) is 15.0. The fraction of sp³-hybridized carbons (Fsp3) is 0.0833. The third-order valence-electron chi connectivity index (χ3n) is 5.37. The number of hydrogen-bond donors (Lipinski definition) is 2. The molecule has 0 aromatic heterocycles. The quantitative estimate of drug-likeness (QED) is 0.471. The normalized spacial score (nSPS) is 12.2. The van der Waals surface area contributed by atoms with E-state index in [1.54, 1.807) is 60.7 Å². The molecular formula is C24H22N2O4S2. The van der Waals surface area contributed by atoms with Crippen LogP contribution in [0.25, 0.3) is 33.0 Å². The van der Waals surface area contributed by atoms with Gasteiger partial charge < -0.3 is 0 Å². The lowest BCUT2D eigenvalue weighted by molar-refractivity contribution is 0.597. The fourth-order valence-electron chi connectivity index (χ4n) is 3.95. The Morgan fingerprint density at radius 1 is 0.531 bits per heavy atom. The third kappa shape index (κ3) is 3.93. The minimum Gasteiger partial charge on any atom is -0.225 e. The predicted octanol–water partition coefficient (Wildman–Crippen LogP) is 4.09. The minimum atomic E-state index is -4.37. The second-order valence-electron chi connectivity index (χ2n) is 7.78. The molecule has 0 aliphatic carbocycles.